The maximum atomic E-state index is 12.6. The highest BCUT2D eigenvalue weighted by molar-refractivity contribution is 5.51. The molecule has 0 radical (unpaired) electrons. The summed E-state index contributed by atoms with van der Waals surface area (Å²) in [6, 6.07) is 1.42. The molecule has 0 atom stereocenters. The number of hydrogen-bond acceptors (Lipinski definition) is 2. The molecule has 0 amide bonds. The Bertz CT molecular complexity index is 308. The molecule has 0 bridgehead atoms. The second kappa shape index (κ2) is 4.72. The Kier molecular flexibility index (Phi) is 3.58. The molecule has 1 rings (SSSR count). The van der Waals surface area contributed by atoms with Gasteiger partial charge in [-0.3, -0.25) is 0 Å². The molecule has 0 saturated heterocycles. The Balaban J connectivity index is 2.77. The summed E-state index contributed by atoms with van der Waals surface area (Å²) < 4.78 is 12.6. The summed E-state index contributed by atoms with van der Waals surface area (Å²) in [6.07, 6.45) is 6.23. The summed E-state index contributed by atoms with van der Waals surface area (Å²) in [5.41, 5.74) is 7.16. The number of halogens is 1. The second-order valence-corrected chi connectivity index (χ2v) is 2.84. The molecule has 0 unspecified atom stereocenters. The van der Waals surface area contributed by atoms with Crippen molar-refractivity contribution in [2.75, 3.05) is 6.54 Å². The van der Waals surface area contributed by atoms with Crippen LogP contribution in [-0.4, -0.2) is 11.5 Å². The van der Waals surface area contributed by atoms with Gasteiger partial charge in [0.05, 0.1) is 0 Å². The van der Waals surface area contributed by atoms with E-state index < -0.39 is 5.95 Å². The molecule has 0 fully saturated rings. The van der Waals surface area contributed by atoms with Gasteiger partial charge in [0.25, 0.3) is 0 Å². The summed E-state index contributed by atoms with van der Waals surface area (Å²) in [5, 5.41) is 0. The average molecular weight is 180 g/mol. The maximum absolute atomic E-state index is 12.6. The first-order valence-corrected chi connectivity index (χ1v) is 4.23. The van der Waals surface area contributed by atoms with Crippen LogP contribution in [0.4, 0.5) is 4.39 Å². The fourth-order valence-electron chi connectivity index (χ4n) is 1.01. The first-order chi connectivity index (χ1) is 6.24. The van der Waals surface area contributed by atoms with Crippen LogP contribution in [0, 0.1) is 12.9 Å². The molecular weight excluding hydrogens is 167 g/mol. The van der Waals surface area contributed by atoms with Gasteiger partial charge in [0.15, 0.2) is 0 Å². The van der Waals surface area contributed by atoms with Gasteiger partial charge in [0, 0.05) is 6.20 Å². The standard InChI is InChI=1S/C10H13FN2/c1-8-6-10(11)13-7-9(8)4-2-3-5-12/h2,4,6-7H,3,5,12H2,1H3. The van der Waals surface area contributed by atoms with Gasteiger partial charge >= 0.3 is 0 Å². The van der Waals surface area contributed by atoms with E-state index in [1.807, 2.05) is 19.1 Å². The summed E-state index contributed by atoms with van der Waals surface area (Å²) in [5.74, 6) is -0.437. The minimum atomic E-state index is -0.437. The van der Waals surface area contributed by atoms with Crippen LogP contribution in [0.2, 0.25) is 0 Å². The lowest BCUT2D eigenvalue weighted by molar-refractivity contribution is 0.582. The van der Waals surface area contributed by atoms with Crippen LogP contribution in [0.15, 0.2) is 18.3 Å². The van der Waals surface area contributed by atoms with E-state index in [9.17, 15) is 4.39 Å². The van der Waals surface area contributed by atoms with Gasteiger partial charge in [-0.1, -0.05) is 12.2 Å². The Labute approximate surface area is 77.3 Å². The van der Waals surface area contributed by atoms with Gasteiger partial charge in [-0.15, -0.1) is 0 Å². The van der Waals surface area contributed by atoms with Crippen molar-refractivity contribution in [3.05, 3.63) is 35.4 Å². The molecular formula is C10H13FN2. The van der Waals surface area contributed by atoms with Crippen molar-refractivity contribution in [1.29, 1.82) is 0 Å². The Morgan fingerprint density at radius 3 is 3.00 bits per heavy atom. The van der Waals surface area contributed by atoms with E-state index in [1.165, 1.54) is 12.3 Å². The first-order valence-electron chi connectivity index (χ1n) is 4.23. The highest BCUT2D eigenvalue weighted by Crippen LogP contribution is 2.09. The van der Waals surface area contributed by atoms with E-state index in [0.717, 1.165) is 17.5 Å². The lowest BCUT2D eigenvalue weighted by Crippen LogP contribution is -1.95. The third-order valence-corrected chi connectivity index (χ3v) is 1.75. The van der Waals surface area contributed by atoms with Crippen molar-refractivity contribution in [2.45, 2.75) is 13.3 Å². The molecule has 0 aromatic carbocycles. The number of nitrogens with two attached hydrogens (primary N) is 1. The molecule has 1 aromatic rings. The van der Waals surface area contributed by atoms with Crippen LogP contribution in [0.3, 0.4) is 0 Å². The highest BCUT2D eigenvalue weighted by Gasteiger charge is 1.96. The Morgan fingerprint density at radius 1 is 1.62 bits per heavy atom. The van der Waals surface area contributed by atoms with Crippen molar-refractivity contribution in [2.24, 2.45) is 5.73 Å². The molecule has 1 heterocycles. The summed E-state index contributed by atoms with van der Waals surface area (Å²) in [4.78, 5) is 3.57. The number of aryl methyl sites for hydroxylation is 1. The number of rotatable bonds is 3. The minimum Gasteiger partial charge on any atom is -0.330 e. The monoisotopic (exact) mass is 180 g/mol. The fraction of sp³-hybridized carbons (Fsp3) is 0.300. The van der Waals surface area contributed by atoms with Gasteiger partial charge in [-0.2, -0.15) is 4.39 Å². The zero-order chi connectivity index (χ0) is 9.68. The van der Waals surface area contributed by atoms with Crippen LogP contribution >= 0.6 is 0 Å². The first kappa shape index (κ1) is 9.86. The van der Waals surface area contributed by atoms with E-state index in [1.54, 1.807) is 0 Å². The zero-order valence-corrected chi connectivity index (χ0v) is 7.63. The van der Waals surface area contributed by atoms with E-state index in [0.29, 0.717) is 6.54 Å². The maximum Gasteiger partial charge on any atom is 0.213 e. The molecule has 70 valence electrons. The van der Waals surface area contributed by atoms with E-state index in [4.69, 9.17) is 5.73 Å². The van der Waals surface area contributed by atoms with Gasteiger partial charge < -0.3 is 5.73 Å². The molecule has 0 aliphatic rings. The van der Waals surface area contributed by atoms with Crippen LogP contribution in [-0.2, 0) is 0 Å². The van der Waals surface area contributed by atoms with Gasteiger partial charge in [-0.25, -0.2) is 4.98 Å². The van der Waals surface area contributed by atoms with Gasteiger partial charge in [0.2, 0.25) is 5.95 Å². The normalized spacial score (nSPS) is 11.0. The second-order valence-electron chi connectivity index (χ2n) is 2.84. The predicted molar refractivity (Wildman–Crippen MR) is 51.6 cm³/mol. The fourth-order valence-corrected chi connectivity index (χ4v) is 1.01. The zero-order valence-electron chi connectivity index (χ0n) is 7.63. The van der Waals surface area contributed by atoms with Crippen LogP contribution in [0.5, 0.6) is 0 Å². The molecule has 0 aliphatic carbocycles. The van der Waals surface area contributed by atoms with Crippen LogP contribution in [0.25, 0.3) is 6.08 Å². The number of nitrogens with zero attached hydrogens (tertiary/aromatic N) is 1. The largest absolute Gasteiger partial charge is 0.330 e. The van der Waals surface area contributed by atoms with Crippen molar-refractivity contribution in [3.63, 3.8) is 0 Å². The smallest absolute Gasteiger partial charge is 0.213 e. The predicted octanol–water partition coefficient (Wildman–Crippen LogP) is 1.89. The van der Waals surface area contributed by atoms with E-state index in [-0.39, 0.29) is 0 Å². The Morgan fingerprint density at radius 2 is 2.38 bits per heavy atom. The molecule has 0 saturated carbocycles. The topological polar surface area (TPSA) is 38.9 Å². The van der Waals surface area contributed by atoms with Gasteiger partial charge in [-0.05, 0) is 37.1 Å². The molecule has 1 aromatic heterocycles. The summed E-state index contributed by atoms with van der Waals surface area (Å²) in [7, 11) is 0. The number of hydrogen-bond donors (Lipinski definition) is 1. The highest BCUT2D eigenvalue weighted by atomic mass is 19.1. The van der Waals surface area contributed by atoms with Crippen LogP contribution < -0.4 is 5.73 Å². The van der Waals surface area contributed by atoms with Crippen LogP contribution in [0.1, 0.15) is 17.5 Å². The lowest BCUT2D eigenvalue weighted by Gasteiger charge is -1.98. The number of pyridine rings is 1. The molecule has 0 aliphatic heterocycles. The Hall–Kier alpha value is -1.22. The summed E-state index contributed by atoms with van der Waals surface area (Å²) in [6.45, 7) is 2.48. The molecule has 2 N–H and O–H groups in total. The molecule has 2 nitrogen and oxygen atoms in total. The van der Waals surface area contributed by atoms with E-state index in [2.05, 4.69) is 4.98 Å². The van der Waals surface area contributed by atoms with Crippen molar-refractivity contribution >= 4 is 6.08 Å². The average Bonchev–Trinajstić information content (AvgIpc) is 2.09. The molecule has 13 heavy (non-hydrogen) atoms. The van der Waals surface area contributed by atoms with E-state index >= 15 is 0 Å². The molecule has 0 spiro atoms. The van der Waals surface area contributed by atoms with Crippen molar-refractivity contribution in [1.82, 2.24) is 4.98 Å². The number of aromatic nitrogens is 1. The lowest BCUT2D eigenvalue weighted by atomic mass is 10.1. The molecule has 3 heteroatoms. The quantitative estimate of drug-likeness (QED) is 0.721. The van der Waals surface area contributed by atoms with Gasteiger partial charge in [0.1, 0.15) is 0 Å². The van der Waals surface area contributed by atoms with Crippen molar-refractivity contribution < 1.29 is 4.39 Å². The minimum absolute atomic E-state index is 0.437. The van der Waals surface area contributed by atoms with Crippen molar-refractivity contribution in [3.8, 4) is 0 Å². The third kappa shape index (κ3) is 2.95. The SMILES string of the molecule is Cc1cc(F)ncc1C=CCCN. The third-order valence-electron chi connectivity index (χ3n) is 1.75. The summed E-state index contributed by atoms with van der Waals surface area (Å²) >= 11 is 0.